The van der Waals surface area contributed by atoms with Crippen LogP contribution in [0.25, 0.3) is 0 Å². The second kappa shape index (κ2) is 5.63. The largest absolute Gasteiger partial charge is 0.393 e. The molecule has 0 radical (unpaired) electrons. The third-order valence-electron chi connectivity index (χ3n) is 2.02. The molecule has 0 fully saturated rings. The van der Waals surface area contributed by atoms with Crippen LogP contribution in [0.5, 0.6) is 0 Å². The number of thiocarbonyl (C=S) groups is 1. The third kappa shape index (κ3) is 4.34. The fourth-order valence-electron chi connectivity index (χ4n) is 1.10. The molecule has 84 valence electrons. The van der Waals surface area contributed by atoms with Gasteiger partial charge < -0.3 is 5.73 Å². The number of hydrogen-bond donors (Lipinski definition) is 1. The Morgan fingerprint density at radius 1 is 1.57 bits per heavy atom. The van der Waals surface area contributed by atoms with E-state index in [-0.39, 0.29) is 11.8 Å². The predicted molar refractivity (Wildman–Crippen MR) is 62.7 cm³/mol. The summed E-state index contributed by atoms with van der Waals surface area (Å²) in [7, 11) is -1.57. The first kappa shape index (κ1) is 13.8. The average Bonchev–Trinajstić information content (AvgIpc) is 2.01. The maximum Gasteiger partial charge on any atom is 0.214 e. The minimum atomic E-state index is -3.14. The molecule has 0 aliphatic heterocycles. The van der Waals surface area contributed by atoms with Crippen molar-refractivity contribution < 1.29 is 8.42 Å². The molecule has 0 aliphatic carbocycles. The number of nitrogens with zero attached hydrogens (tertiary/aromatic N) is 1. The molecular formula is C8H18N2O2S2. The van der Waals surface area contributed by atoms with Crippen molar-refractivity contribution in [2.24, 2.45) is 5.73 Å². The van der Waals surface area contributed by atoms with Gasteiger partial charge in [-0.25, -0.2) is 12.7 Å². The van der Waals surface area contributed by atoms with Gasteiger partial charge in [0.1, 0.15) is 0 Å². The first-order valence-electron chi connectivity index (χ1n) is 4.55. The monoisotopic (exact) mass is 238 g/mol. The van der Waals surface area contributed by atoms with Gasteiger partial charge in [0.25, 0.3) is 0 Å². The molecule has 0 heterocycles. The number of sulfonamides is 1. The summed E-state index contributed by atoms with van der Waals surface area (Å²) < 4.78 is 24.5. The Morgan fingerprint density at radius 2 is 2.07 bits per heavy atom. The average molecular weight is 238 g/mol. The van der Waals surface area contributed by atoms with Gasteiger partial charge in [-0.3, -0.25) is 0 Å². The molecular weight excluding hydrogens is 220 g/mol. The molecule has 4 nitrogen and oxygen atoms in total. The molecule has 1 unspecified atom stereocenters. The van der Waals surface area contributed by atoms with Crippen LogP contribution in [0.4, 0.5) is 0 Å². The van der Waals surface area contributed by atoms with Crippen molar-refractivity contribution in [2.75, 3.05) is 12.8 Å². The highest BCUT2D eigenvalue weighted by molar-refractivity contribution is 7.89. The van der Waals surface area contributed by atoms with Crippen molar-refractivity contribution in [3.8, 4) is 0 Å². The summed E-state index contributed by atoms with van der Waals surface area (Å²) in [6, 6.07) is -0.163. The number of rotatable bonds is 6. The van der Waals surface area contributed by atoms with Gasteiger partial charge in [0, 0.05) is 19.5 Å². The highest BCUT2D eigenvalue weighted by atomic mass is 32.2. The minimum Gasteiger partial charge on any atom is -0.393 e. The van der Waals surface area contributed by atoms with E-state index in [0.717, 1.165) is 0 Å². The van der Waals surface area contributed by atoms with E-state index in [1.807, 2.05) is 6.92 Å². The summed E-state index contributed by atoms with van der Waals surface area (Å²) in [5.74, 6) is 0.172. The van der Waals surface area contributed by atoms with Gasteiger partial charge in [0.15, 0.2) is 0 Å². The van der Waals surface area contributed by atoms with Crippen LogP contribution in [-0.4, -0.2) is 36.6 Å². The maximum atomic E-state index is 11.6. The van der Waals surface area contributed by atoms with Gasteiger partial charge in [-0.2, -0.15) is 0 Å². The van der Waals surface area contributed by atoms with E-state index < -0.39 is 10.0 Å². The Bertz CT molecular complexity index is 288. The zero-order valence-electron chi connectivity index (χ0n) is 8.86. The summed E-state index contributed by atoms with van der Waals surface area (Å²) in [6.45, 7) is 3.63. The second-order valence-corrected chi connectivity index (χ2v) is 6.02. The predicted octanol–water partition coefficient (Wildman–Crippen LogP) is 0.723. The van der Waals surface area contributed by atoms with Crippen LogP contribution in [-0.2, 0) is 10.0 Å². The van der Waals surface area contributed by atoms with Crippen molar-refractivity contribution >= 4 is 27.2 Å². The molecule has 0 bridgehead atoms. The van der Waals surface area contributed by atoms with E-state index in [1.165, 1.54) is 4.31 Å². The molecule has 14 heavy (non-hydrogen) atoms. The number of nitrogens with two attached hydrogens (primary N) is 1. The van der Waals surface area contributed by atoms with Gasteiger partial charge in [-0.15, -0.1) is 0 Å². The van der Waals surface area contributed by atoms with E-state index in [9.17, 15) is 8.42 Å². The summed E-state index contributed by atoms with van der Waals surface area (Å²) in [5, 5.41) is 0. The van der Waals surface area contributed by atoms with Crippen LogP contribution in [0, 0.1) is 0 Å². The Balaban J connectivity index is 4.45. The highest BCUT2D eigenvalue weighted by Gasteiger charge is 2.22. The van der Waals surface area contributed by atoms with Crippen molar-refractivity contribution in [2.45, 2.75) is 32.7 Å². The lowest BCUT2D eigenvalue weighted by molar-refractivity contribution is 0.396. The fourth-order valence-corrected chi connectivity index (χ4v) is 2.76. The summed E-state index contributed by atoms with van der Waals surface area (Å²) >= 11 is 4.73. The zero-order valence-corrected chi connectivity index (χ0v) is 10.5. The first-order valence-corrected chi connectivity index (χ1v) is 6.57. The molecule has 1 atom stereocenters. The molecule has 0 rings (SSSR count). The smallest absolute Gasteiger partial charge is 0.214 e. The van der Waals surface area contributed by atoms with Gasteiger partial charge in [0.05, 0.1) is 10.7 Å². The Morgan fingerprint density at radius 3 is 2.43 bits per heavy atom. The lowest BCUT2D eigenvalue weighted by Crippen LogP contribution is -2.38. The van der Waals surface area contributed by atoms with Gasteiger partial charge in [0.2, 0.25) is 10.0 Å². The van der Waals surface area contributed by atoms with E-state index in [4.69, 9.17) is 18.0 Å². The topological polar surface area (TPSA) is 63.4 Å². The molecule has 0 aromatic heterocycles. The fraction of sp³-hybridized carbons (Fsp3) is 0.875. The standard InChI is InChI=1S/C8H18N2O2S2/c1-4-5-14(11,12)10(3)7(2)6-8(9)13/h7H,4-6H2,1-3H3,(H2,9,13). The summed E-state index contributed by atoms with van der Waals surface area (Å²) in [4.78, 5) is 0.344. The lowest BCUT2D eigenvalue weighted by atomic mass is 10.2. The van der Waals surface area contributed by atoms with Gasteiger partial charge in [-0.1, -0.05) is 19.1 Å². The quantitative estimate of drug-likeness (QED) is 0.693. The summed E-state index contributed by atoms with van der Waals surface area (Å²) in [5.41, 5.74) is 5.36. The molecule has 0 aromatic rings. The van der Waals surface area contributed by atoms with E-state index >= 15 is 0 Å². The van der Waals surface area contributed by atoms with E-state index in [2.05, 4.69) is 0 Å². The van der Waals surface area contributed by atoms with Crippen molar-refractivity contribution in [3.05, 3.63) is 0 Å². The molecule has 0 saturated carbocycles. The second-order valence-electron chi connectivity index (χ2n) is 3.35. The van der Waals surface area contributed by atoms with Crippen LogP contribution in [0.2, 0.25) is 0 Å². The molecule has 0 aliphatic rings. The van der Waals surface area contributed by atoms with E-state index in [1.54, 1.807) is 14.0 Å². The molecule has 0 spiro atoms. The van der Waals surface area contributed by atoms with Gasteiger partial charge >= 0.3 is 0 Å². The molecule has 2 N–H and O–H groups in total. The molecule has 6 heteroatoms. The number of hydrogen-bond acceptors (Lipinski definition) is 3. The SMILES string of the molecule is CCCS(=O)(=O)N(C)C(C)CC(N)=S. The molecule has 0 amide bonds. The highest BCUT2D eigenvalue weighted by Crippen LogP contribution is 2.08. The molecule has 0 aromatic carbocycles. The van der Waals surface area contributed by atoms with Crippen LogP contribution in [0.3, 0.4) is 0 Å². The van der Waals surface area contributed by atoms with Crippen LogP contribution < -0.4 is 5.73 Å². The first-order chi connectivity index (χ1) is 6.31. The van der Waals surface area contributed by atoms with Crippen molar-refractivity contribution in [3.63, 3.8) is 0 Å². The Labute approximate surface area is 91.5 Å². The van der Waals surface area contributed by atoms with Crippen LogP contribution in [0.15, 0.2) is 0 Å². The van der Waals surface area contributed by atoms with Crippen LogP contribution >= 0.6 is 12.2 Å². The van der Waals surface area contributed by atoms with Gasteiger partial charge in [-0.05, 0) is 13.3 Å². The summed E-state index contributed by atoms with van der Waals surface area (Å²) in [6.07, 6.45) is 1.04. The Hall–Kier alpha value is -0.200. The lowest BCUT2D eigenvalue weighted by Gasteiger charge is -2.23. The Kier molecular flexibility index (Phi) is 5.54. The minimum absolute atomic E-state index is 0.163. The normalized spacial score (nSPS) is 14.3. The zero-order chi connectivity index (χ0) is 11.4. The van der Waals surface area contributed by atoms with Crippen molar-refractivity contribution in [1.29, 1.82) is 0 Å². The van der Waals surface area contributed by atoms with E-state index in [0.29, 0.717) is 17.8 Å². The van der Waals surface area contributed by atoms with Crippen LogP contribution in [0.1, 0.15) is 26.7 Å². The van der Waals surface area contributed by atoms with Crippen molar-refractivity contribution in [1.82, 2.24) is 4.31 Å². The third-order valence-corrected chi connectivity index (χ3v) is 4.35. The maximum absolute atomic E-state index is 11.6. The molecule has 0 saturated heterocycles.